The third kappa shape index (κ3) is 2.08. The number of nitrogens with zero attached hydrogens (tertiary/aromatic N) is 3. The van der Waals surface area contributed by atoms with Gasteiger partial charge in [0.25, 0.3) is 5.56 Å². The van der Waals surface area contributed by atoms with Crippen molar-refractivity contribution in [2.45, 2.75) is 51.2 Å². The minimum absolute atomic E-state index is 0.230. The summed E-state index contributed by atoms with van der Waals surface area (Å²) in [6, 6.07) is 0.619. The molecular formula is C15H19N5O2S. The first-order valence-electron chi connectivity index (χ1n) is 7.98. The summed E-state index contributed by atoms with van der Waals surface area (Å²) < 4.78 is 1.39. The highest BCUT2D eigenvalue weighted by molar-refractivity contribution is 8.16. The molecular weight excluding hydrogens is 314 g/mol. The highest BCUT2D eigenvalue weighted by atomic mass is 32.2. The summed E-state index contributed by atoms with van der Waals surface area (Å²) in [5.74, 6) is 0.230. The number of nitrogen functional groups attached to an aromatic ring is 1. The Morgan fingerprint density at radius 1 is 1.39 bits per heavy atom. The zero-order valence-corrected chi connectivity index (χ0v) is 13.7. The number of rotatable bonds is 2. The predicted molar refractivity (Wildman–Crippen MR) is 92.3 cm³/mol. The Kier molecular flexibility index (Phi) is 3.37. The number of fused-ring (bicyclic) bond motifs is 3. The van der Waals surface area contributed by atoms with Gasteiger partial charge in [-0.05, 0) is 19.8 Å². The van der Waals surface area contributed by atoms with Gasteiger partial charge in [0.15, 0.2) is 5.17 Å². The number of amidine groups is 1. The van der Waals surface area contributed by atoms with Crippen molar-refractivity contribution in [2.24, 2.45) is 4.99 Å². The van der Waals surface area contributed by atoms with E-state index < -0.39 is 11.2 Å². The van der Waals surface area contributed by atoms with Gasteiger partial charge in [-0.15, -0.1) is 0 Å². The Bertz CT molecular complexity index is 837. The van der Waals surface area contributed by atoms with Crippen LogP contribution in [0.25, 0.3) is 5.70 Å². The normalized spacial score (nSPS) is 25.9. The molecule has 2 aliphatic heterocycles. The number of aliphatic imine (C=N–C) groups is 1. The lowest BCUT2D eigenvalue weighted by molar-refractivity contribution is 0.305. The summed E-state index contributed by atoms with van der Waals surface area (Å²) in [4.78, 5) is 33.6. The second-order valence-electron chi connectivity index (χ2n) is 6.09. The van der Waals surface area contributed by atoms with Gasteiger partial charge >= 0.3 is 5.69 Å². The van der Waals surface area contributed by atoms with Crippen LogP contribution in [0.1, 0.15) is 38.2 Å². The Morgan fingerprint density at radius 3 is 2.96 bits per heavy atom. The SMILES string of the molecule is CCn1c(N)c(C2=CSC3=N[C@H]4CCCC[C@H]4N23)c(=O)[nH]c1=O. The van der Waals surface area contributed by atoms with E-state index in [1.54, 1.807) is 0 Å². The quantitative estimate of drug-likeness (QED) is 0.847. The summed E-state index contributed by atoms with van der Waals surface area (Å²) in [5, 5.41) is 2.87. The van der Waals surface area contributed by atoms with Crippen molar-refractivity contribution in [1.29, 1.82) is 0 Å². The van der Waals surface area contributed by atoms with Gasteiger partial charge in [0.05, 0.1) is 17.8 Å². The van der Waals surface area contributed by atoms with Crippen LogP contribution in [0.4, 0.5) is 5.82 Å². The van der Waals surface area contributed by atoms with Crippen molar-refractivity contribution >= 4 is 28.4 Å². The summed E-state index contributed by atoms with van der Waals surface area (Å²) in [7, 11) is 0. The molecule has 4 rings (SSSR count). The van der Waals surface area contributed by atoms with Gasteiger partial charge in [-0.3, -0.25) is 19.3 Å². The largest absolute Gasteiger partial charge is 0.384 e. The Balaban J connectivity index is 1.82. The number of nitrogens with one attached hydrogen (secondary N) is 1. The summed E-state index contributed by atoms with van der Waals surface area (Å²) >= 11 is 1.54. The molecule has 7 nitrogen and oxygen atoms in total. The van der Waals surface area contributed by atoms with Gasteiger partial charge in [0.2, 0.25) is 0 Å². The van der Waals surface area contributed by atoms with Crippen LogP contribution in [-0.2, 0) is 6.54 Å². The maximum absolute atomic E-state index is 12.4. The smallest absolute Gasteiger partial charge is 0.329 e. The average Bonchev–Trinajstić information content (AvgIpc) is 3.07. The second-order valence-corrected chi connectivity index (χ2v) is 6.92. The Morgan fingerprint density at radius 2 is 2.17 bits per heavy atom. The van der Waals surface area contributed by atoms with Crippen LogP contribution >= 0.6 is 11.8 Å². The van der Waals surface area contributed by atoms with Crippen LogP contribution in [0.3, 0.4) is 0 Å². The number of H-pyrrole nitrogens is 1. The molecule has 0 spiro atoms. The van der Waals surface area contributed by atoms with Crippen LogP contribution in [0.15, 0.2) is 20.0 Å². The van der Waals surface area contributed by atoms with Crippen LogP contribution < -0.4 is 17.0 Å². The Labute approximate surface area is 137 Å². The molecule has 23 heavy (non-hydrogen) atoms. The van der Waals surface area contributed by atoms with E-state index in [1.165, 1.54) is 29.2 Å². The molecule has 0 bridgehead atoms. The van der Waals surface area contributed by atoms with E-state index in [4.69, 9.17) is 10.7 Å². The number of nitrogens with two attached hydrogens (primary N) is 1. The van der Waals surface area contributed by atoms with Crippen molar-refractivity contribution in [3.05, 3.63) is 31.8 Å². The maximum atomic E-state index is 12.4. The molecule has 0 radical (unpaired) electrons. The molecule has 0 saturated heterocycles. The minimum atomic E-state index is -0.462. The molecule has 3 aliphatic rings. The number of hydrogen-bond donors (Lipinski definition) is 2. The summed E-state index contributed by atoms with van der Waals surface area (Å²) in [5.41, 5.74) is 6.43. The van der Waals surface area contributed by atoms with Gasteiger partial charge in [0.1, 0.15) is 11.4 Å². The minimum Gasteiger partial charge on any atom is -0.384 e. The average molecular weight is 333 g/mol. The fourth-order valence-electron chi connectivity index (χ4n) is 3.75. The Hall–Kier alpha value is -1.96. The number of thioether (sulfide) groups is 1. The molecule has 8 heteroatoms. The van der Waals surface area contributed by atoms with E-state index in [2.05, 4.69) is 9.88 Å². The van der Waals surface area contributed by atoms with Crippen molar-refractivity contribution in [1.82, 2.24) is 14.5 Å². The lowest BCUT2D eigenvalue weighted by Gasteiger charge is -2.32. The number of anilines is 1. The molecule has 3 N–H and O–H groups in total. The molecule has 2 atom stereocenters. The summed E-state index contributed by atoms with van der Waals surface area (Å²) in [6.45, 7) is 2.25. The van der Waals surface area contributed by atoms with Crippen LogP contribution in [-0.4, -0.2) is 31.7 Å². The molecule has 1 aromatic rings. The zero-order valence-electron chi connectivity index (χ0n) is 12.9. The van der Waals surface area contributed by atoms with Gasteiger partial charge < -0.3 is 10.6 Å². The molecule has 122 valence electrons. The third-order valence-electron chi connectivity index (χ3n) is 4.86. The zero-order chi connectivity index (χ0) is 16.1. The van der Waals surface area contributed by atoms with Crippen LogP contribution in [0, 0.1) is 0 Å². The lowest BCUT2D eigenvalue weighted by atomic mass is 9.90. The molecule has 3 heterocycles. The van der Waals surface area contributed by atoms with Gasteiger partial charge in [-0.25, -0.2) is 4.79 Å². The third-order valence-corrected chi connectivity index (χ3v) is 5.71. The molecule has 1 saturated carbocycles. The van der Waals surface area contributed by atoms with Gasteiger partial charge in [-0.1, -0.05) is 24.6 Å². The van der Waals surface area contributed by atoms with E-state index >= 15 is 0 Å². The highest BCUT2D eigenvalue weighted by Gasteiger charge is 2.43. The summed E-state index contributed by atoms with van der Waals surface area (Å²) in [6.07, 6.45) is 4.55. The van der Waals surface area contributed by atoms with E-state index in [1.807, 2.05) is 12.3 Å². The fourth-order valence-corrected chi connectivity index (χ4v) is 4.74. The maximum Gasteiger partial charge on any atom is 0.329 e. The standard InChI is InChI=1S/C15H19N5O2S/c1-2-19-12(16)11(13(21)18-14(19)22)10-7-23-15-17-8-5-3-4-6-9(8)20(10)15/h7-9H,2-6,16H2,1H3,(H,18,21,22)/t8-,9+/m0/s1. The van der Waals surface area contributed by atoms with Crippen molar-refractivity contribution < 1.29 is 0 Å². The highest BCUT2D eigenvalue weighted by Crippen LogP contribution is 2.44. The van der Waals surface area contributed by atoms with Gasteiger partial charge in [0, 0.05) is 12.0 Å². The van der Waals surface area contributed by atoms with Crippen molar-refractivity contribution in [3.8, 4) is 0 Å². The molecule has 1 aromatic heterocycles. The van der Waals surface area contributed by atoms with Crippen molar-refractivity contribution in [2.75, 3.05) is 5.73 Å². The number of aromatic amines is 1. The number of hydrogen-bond acceptors (Lipinski definition) is 6. The number of aromatic nitrogens is 2. The monoisotopic (exact) mass is 333 g/mol. The van der Waals surface area contributed by atoms with E-state index in [0.29, 0.717) is 24.2 Å². The fraction of sp³-hybridized carbons (Fsp3) is 0.533. The van der Waals surface area contributed by atoms with E-state index in [0.717, 1.165) is 23.7 Å². The first-order chi connectivity index (χ1) is 11.1. The molecule has 0 unspecified atom stereocenters. The van der Waals surface area contributed by atoms with Crippen molar-refractivity contribution in [3.63, 3.8) is 0 Å². The predicted octanol–water partition coefficient (Wildman–Crippen LogP) is 1.17. The lowest BCUT2D eigenvalue weighted by Crippen LogP contribution is -2.41. The first-order valence-corrected chi connectivity index (χ1v) is 8.86. The van der Waals surface area contributed by atoms with Crippen LogP contribution in [0.5, 0.6) is 0 Å². The first kappa shape index (κ1) is 14.6. The molecule has 0 aromatic carbocycles. The second kappa shape index (κ2) is 5.30. The topological polar surface area (TPSA) is 96.5 Å². The molecule has 1 fully saturated rings. The molecule has 1 aliphatic carbocycles. The van der Waals surface area contributed by atoms with E-state index in [-0.39, 0.29) is 5.82 Å². The van der Waals surface area contributed by atoms with Gasteiger partial charge in [-0.2, -0.15) is 0 Å². The van der Waals surface area contributed by atoms with Crippen LogP contribution in [0.2, 0.25) is 0 Å². The van der Waals surface area contributed by atoms with E-state index in [9.17, 15) is 9.59 Å². The molecule has 0 amide bonds.